The highest BCUT2D eigenvalue weighted by Gasteiger charge is 2.45. The Bertz CT molecular complexity index is 861. The molecule has 1 amide bonds. The van der Waals surface area contributed by atoms with Gasteiger partial charge in [0.25, 0.3) is 5.91 Å². The van der Waals surface area contributed by atoms with Crippen LogP contribution in [-0.4, -0.2) is 54.0 Å². The largest absolute Gasteiger partial charge is 0.332 e. The molecule has 3 aliphatic heterocycles. The summed E-state index contributed by atoms with van der Waals surface area (Å²) in [6.07, 6.45) is 4.74. The zero-order valence-corrected chi connectivity index (χ0v) is 17.1. The van der Waals surface area contributed by atoms with E-state index in [1.54, 1.807) is 0 Å². The van der Waals surface area contributed by atoms with Crippen molar-refractivity contribution in [2.45, 2.75) is 37.8 Å². The van der Waals surface area contributed by atoms with Crippen LogP contribution >= 0.6 is 0 Å². The molecule has 2 fully saturated rings. The van der Waals surface area contributed by atoms with Gasteiger partial charge in [-0.1, -0.05) is 42.5 Å². The van der Waals surface area contributed by atoms with Gasteiger partial charge >= 0.3 is 0 Å². The molecule has 2 aromatic rings. The Balaban J connectivity index is 1.48. The quantitative estimate of drug-likeness (QED) is 0.875. The van der Waals surface area contributed by atoms with Gasteiger partial charge in [-0.2, -0.15) is 0 Å². The van der Waals surface area contributed by atoms with E-state index < -0.39 is 0 Å². The SMILES string of the molecule is O=C(c1ccccc1)N1Cc2ccccc2CC2(CCCN2CC2CCNC2)C1. The minimum Gasteiger partial charge on any atom is -0.332 e. The number of benzene rings is 2. The number of hydrogen-bond donors (Lipinski definition) is 1. The zero-order chi connectivity index (χ0) is 19.7. The topological polar surface area (TPSA) is 35.6 Å². The standard InChI is InChI=1S/C25H31N3O/c29-24(21-7-2-1-3-8-21)27-18-23-10-5-4-9-22(23)15-25(19-27)12-6-14-28(25)17-20-11-13-26-16-20/h1-5,7-10,20,26H,6,11-19H2. The van der Waals surface area contributed by atoms with Crippen molar-refractivity contribution in [1.82, 2.24) is 15.1 Å². The molecule has 2 saturated heterocycles. The molecule has 4 heteroatoms. The van der Waals surface area contributed by atoms with Crippen molar-refractivity contribution in [3.8, 4) is 0 Å². The summed E-state index contributed by atoms with van der Waals surface area (Å²) in [6.45, 7) is 6.14. The Morgan fingerprint density at radius 3 is 2.66 bits per heavy atom. The third-order valence-corrected chi connectivity index (χ3v) is 7.17. The minimum atomic E-state index is 0.0691. The van der Waals surface area contributed by atoms with E-state index in [-0.39, 0.29) is 11.4 Å². The van der Waals surface area contributed by atoms with Crippen LogP contribution < -0.4 is 5.32 Å². The third kappa shape index (κ3) is 3.72. The lowest BCUT2D eigenvalue weighted by molar-refractivity contribution is 0.0514. The molecule has 1 N–H and O–H groups in total. The Hall–Kier alpha value is -2.17. The molecule has 1 spiro atoms. The average Bonchev–Trinajstić information content (AvgIpc) is 3.36. The summed E-state index contributed by atoms with van der Waals surface area (Å²) in [4.78, 5) is 18.3. The third-order valence-electron chi connectivity index (χ3n) is 7.17. The zero-order valence-electron chi connectivity index (χ0n) is 17.1. The molecular weight excluding hydrogens is 358 g/mol. The molecule has 3 heterocycles. The first kappa shape index (κ1) is 18.8. The maximum absolute atomic E-state index is 13.5. The maximum atomic E-state index is 13.5. The number of nitrogens with one attached hydrogen (secondary N) is 1. The number of carbonyl (C=O) groups excluding carboxylic acids is 1. The molecule has 4 nitrogen and oxygen atoms in total. The highest BCUT2D eigenvalue weighted by Crippen LogP contribution is 2.38. The van der Waals surface area contributed by atoms with Gasteiger partial charge in [0.2, 0.25) is 0 Å². The highest BCUT2D eigenvalue weighted by atomic mass is 16.2. The Labute approximate surface area is 173 Å². The lowest BCUT2D eigenvalue weighted by Gasteiger charge is -2.42. The van der Waals surface area contributed by atoms with Crippen molar-refractivity contribution < 1.29 is 4.79 Å². The maximum Gasteiger partial charge on any atom is 0.254 e. The van der Waals surface area contributed by atoms with Crippen LogP contribution in [0.4, 0.5) is 0 Å². The summed E-state index contributed by atoms with van der Waals surface area (Å²) in [6, 6.07) is 18.5. The van der Waals surface area contributed by atoms with Crippen molar-refractivity contribution >= 4 is 5.91 Å². The van der Waals surface area contributed by atoms with Gasteiger partial charge < -0.3 is 10.2 Å². The van der Waals surface area contributed by atoms with Gasteiger partial charge in [0.05, 0.1) is 0 Å². The smallest absolute Gasteiger partial charge is 0.254 e. The summed E-state index contributed by atoms with van der Waals surface area (Å²) in [7, 11) is 0. The van der Waals surface area contributed by atoms with Gasteiger partial charge in [-0.3, -0.25) is 9.69 Å². The molecule has 0 saturated carbocycles. The fourth-order valence-corrected chi connectivity index (χ4v) is 5.66. The van der Waals surface area contributed by atoms with Gasteiger partial charge in [-0.05, 0) is 74.5 Å². The van der Waals surface area contributed by atoms with Gasteiger partial charge in [0, 0.05) is 30.7 Å². The highest BCUT2D eigenvalue weighted by molar-refractivity contribution is 5.94. The molecule has 0 aromatic heterocycles. The molecule has 2 aromatic carbocycles. The van der Waals surface area contributed by atoms with Crippen LogP contribution in [0.5, 0.6) is 0 Å². The Morgan fingerprint density at radius 1 is 1.07 bits per heavy atom. The number of amides is 1. The van der Waals surface area contributed by atoms with Crippen LogP contribution in [0.2, 0.25) is 0 Å². The van der Waals surface area contributed by atoms with Crippen molar-refractivity contribution in [3.05, 3.63) is 71.3 Å². The second-order valence-electron chi connectivity index (χ2n) is 9.11. The van der Waals surface area contributed by atoms with Crippen molar-refractivity contribution in [3.63, 3.8) is 0 Å². The number of rotatable bonds is 3. The number of hydrogen-bond acceptors (Lipinski definition) is 3. The van der Waals surface area contributed by atoms with Crippen LogP contribution in [0.15, 0.2) is 54.6 Å². The van der Waals surface area contributed by atoms with E-state index in [1.807, 2.05) is 30.3 Å². The van der Waals surface area contributed by atoms with Crippen LogP contribution in [0, 0.1) is 5.92 Å². The molecule has 0 radical (unpaired) electrons. The summed E-state index contributed by atoms with van der Waals surface area (Å²) in [5, 5.41) is 3.52. The Kier molecular flexibility index (Phi) is 5.15. The van der Waals surface area contributed by atoms with Gasteiger partial charge in [0.1, 0.15) is 0 Å². The first-order chi connectivity index (χ1) is 14.2. The fraction of sp³-hybridized carbons (Fsp3) is 0.480. The van der Waals surface area contributed by atoms with E-state index in [1.165, 1.54) is 30.4 Å². The van der Waals surface area contributed by atoms with Crippen molar-refractivity contribution in [1.29, 1.82) is 0 Å². The monoisotopic (exact) mass is 389 g/mol. The normalized spacial score (nSPS) is 27.2. The van der Waals surface area contributed by atoms with Gasteiger partial charge in [0.15, 0.2) is 0 Å². The summed E-state index contributed by atoms with van der Waals surface area (Å²) in [5.74, 6) is 0.901. The van der Waals surface area contributed by atoms with Gasteiger partial charge in [-0.15, -0.1) is 0 Å². The van der Waals surface area contributed by atoms with Crippen LogP contribution in [0.3, 0.4) is 0 Å². The first-order valence-electron chi connectivity index (χ1n) is 11.1. The van der Waals surface area contributed by atoms with Crippen LogP contribution in [0.25, 0.3) is 0 Å². The molecule has 152 valence electrons. The molecular formula is C25H31N3O. The molecule has 0 aliphatic carbocycles. The van der Waals surface area contributed by atoms with Crippen LogP contribution in [-0.2, 0) is 13.0 Å². The summed E-state index contributed by atoms with van der Waals surface area (Å²) < 4.78 is 0. The lowest BCUT2D eigenvalue weighted by atomic mass is 9.86. The van der Waals surface area contributed by atoms with E-state index in [0.717, 1.165) is 50.6 Å². The molecule has 2 unspecified atom stereocenters. The lowest BCUT2D eigenvalue weighted by Crippen LogP contribution is -2.54. The van der Waals surface area contributed by atoms with Gasteiger partial charge in [-0.25, -0.2) is 0 Å². The van der Waals surface area contributed by atoms with E-state index in [9.17, 15) is 4.79 Å². The summed E-state index contributed by atoms with van der Waals surface area (Å²) in [5.41, 5.74) is 3.60. The molecule has 5 rings (SSSR count). The second kappa shape index (κ2) is 7.92. The van der Waals surface area contributed by atoms with E-state index >= 15 is 0 Å². The van der Waals surface area contributed by atoms with Crippen LogP contribution in [0.1, 0.15) is 40.7 Å². The molecule has 0 bridgehead atoms. The second-order valence-corrected chi connectivity index (χ2v) is 9.11. The fourth-order valence-electron chi connectivity index (χ4n) is 5.66. The van der Waals surface area contributed by atoms with Crippen molar-refractivity contribution in [2.24, 2.45) is 5.92 Å². The summed E-state index contributed by atoms with van der Waals surface area (Å²) >= 11 is 0. The predicted molar refractivity (Wildman–Crippen MR) is 116 cm³/mol. The minimum absolute atomic E-state index is 0.0691. The average molecular weight is 390 g/mol. The van der Waals surface area contributed by atoms with E-state index in [2.05, 4.69) is 39.4 Å². The van der Waals surface area contributed by atoms with E-state index in [4.69, 9.17) is 0 Å². The number of likely N-dealkylation sites (tertiary alicyclic amines) is 1. The molecule has 29 heavy (non-hydrogen) atoms. The van der Waals surface area contributed by atoms with Crippen molar-refractivity contribution in [2.75, 3.05) is 32.7 Å². The molecule has 2 atom stereocenters. The number of fused-ring (bicyclic) bond motifs is 1. The predicted octanol–water partition coefficient (Wildman–Crippen LogP) is 3.33. The number of nitrogens with zero attached hydrogens (tertiary/aromatic N) is 2. The number of carbonyl (C=O) groups is 1. The Morgan fingerprint density at radius 2 is 1.86 bits per heavy atom. The molecule has 3 aliphatic rings. The first-order valence-corrected chi connectivity index (χ1v) is 11.1. The van der Waals surface area contributed by atoms with E-state index in [0.29, 0.717) is 6.54 Å².